The van der Waals surface area contributed by atoms with E-state index >= 15 is 0 Å². The molecule has 2 saturated heterocycles. The Balaban J connectivity index is 2.10. The molecule has 2 atom stereocenters. The van der Waals surface area contributed by atoms with Crippen LogP contribution in [0.5, 0.6) is 0 Å². The molecule has 0 radical (unpaired) electrons. The largest absolute Gasteiger partial charge is 0.480 e. The van der Waals surface area contributed by atoms with Crippen LogP contribution in [0.1, 0.15) is 59.8 Å². The summed E-state index contributed by atoms with van der Waals surface area (Å²) in [5.74, 6) is -4.07. The average molecular weight is 699 g/mol. The highest BCUT2D eigenvalue weighted by atomic mass is 16.4. The number of hydrogen-bond acceptors (Lipinski definition) is 11. The maximum absolute atomic E-state index is 13.3. The van der Waals surface area contributed by atoms with E-state index in [1.807, 2.05) is 27.7 Å². The fourth-order valence-electron chi connectivity index (χ4n) is 6.62. The number of nitrogens with zero attached hydrogens (tertiary/aromatic N) is 5. The van der Waals surface area contributed by atoms with Crippen LogP contribution in [0, 0.1) is 11.8 Å². The number of carbonyl (C=O) groups is 6. The van der Waals surface area contributed by atoms with E-state index in [2.05, 4.69) is 5.32 Å². The van der Waals surface area contributed by atoms with Crippen LogP contribution in [-0.2, 0) is 28.8 Å². The lowest BCUT2D eigenvalue weighted by Crippen LogP contribution is -2.52. The van der Waals surface area contributed by atoms with Gasteiger partial charge >= 0.3 is 23.9 Å². The molecule has 0 aromatic carbocycles. The van der Waals surface area contributed by atoms with E-state index in [4.69, 9.17) is 0 Å². The molecule has 16 heteroatoms. The second-order valence-corrected chi connectivity index (χ2v) is 13.9. The van der Waals surface area contributed by atoms with Crippen molar-refractivity contribution in [3.63, 3.8) is 0 Å². The molecule has 0 aromatic rings. The van der Waals surface area contributed by atoms with E-state index in [9.17, 15) is 49.2 Å². The van der Waals surface area contributed by atoms with Gasteiger partial charge in [0.05, 0.1) is 25.7 Å². The summed E-state index contributed by atoms with van der Waals surface area (Å²) in [6, 6.07) is -1.12. The molecule has 2 fully saturated rings. The Morgan fingerprint density at radius 3 is 1.45 bits per heavy atom. The van der Waals surface area contributed by atoms with Crippen molar-refractivity contribution in [2.45, 2.75) is 77.9 Å². The molecular weight excluding hydrogens is 640 g/mol. The third kappa shape index (κ3) is 15.9. The number of carbonyl (C=O) groups excluding carboxylic acids is 2. The van der Waals surface area contributed by atoms with Crippen molar-refractivity contribution in [3.05, 3.63) is 0 Å². The van der Waals surface area contributed by atoms with Crippen molar-refractivity contribution < 1.29 is 49.2 Å². The van der Waals surface area contributed by atoms with Gasteiger partial charge in [0.15, 0.2) is 5.78 Å². The SMILES string of the molecule is CC(C)N[C@@H](CC1CCN(C(=O)CC[C@H](C(=O)O)N2CCN(CC(=O)O)CCN(CC(=O)O)CCN(CC(=O)O)CC2)CC1)C(=O)C(C)C. The number of nitrogens with one attached hydrogen (secondary N) is 1. The predicted molar refractivity (Wildman–Crippen MR) is 180 cm³/mol. The first-order valence-corrected chi connectivity index (χ1v) is 17.4. The van der Waals surface area contributed by atoms with E-state index < -0.39 is 29.9 Å². The number of rotatable bonds is 17. The fourth-order valence-corrected chi connectivity index (χ4v) is 6.62. The summed E-state index contributed by atoms with van der Waals surface area (Å²) >= 11 is 0. The van der Waals surface area contributed by atoms with Gasteiger partial charge in [-0.25, -0.2) is 0 Å². The number of carboxylic acid groups (broad SMARTS) is 4. The summed E-state index contributed by atoms with van der Waals surface area (Å²) < 4.78 is 0. The predicted octanol–water partition coefficient (Wildman–Crippen LogP) is -0.0844. The molecule has 16 nitrogen and oxygen atoms in total. The molecule has 0 bridgehead atoms. The zero-order chi connectivity index (χ0) is 36.7. The van der Waals surface area contributed by atoms with Crippen LogP contribution in [0.15, 0.2) is 0 Å². The minimum absolute atomic E-state index is 0.00330. The third-order valence-electron chi connectivity index (χ3n) is 9.29. The fraction of sp³-hybridized carbons (Fsp3) is 0.818. The maximum atomic E-state index is 13.3. The number of hydrogen-bond donors (Lipinski definition) is 5. The molecule has 1 amide bonds. The summed E-state index contributed by atoms with van der Waals surface area (Å²) in [6.07, 6.45) is 2.25. The molecule has 280 valence electrons. The molecule has 0 spiro atoms. The lowest BCUT2D eigenvalue weighted by Gasteiger charge is -2.36. The second-order valence-electron chi connectivity index (χ2n) is 13.9. The number of carboxylic acids is 4. The van der Waals surface area contributed by atoms with E-state index in [1.165, 1.54) is 0 Å². The number of Topliss-reactive ketones (excluding diaryl/α,β-unsaturated/α-hetero) is 1. The number of aliphatic carboxylic acids is 4. The van der Waals surface area contributed by atoms with Crippen molar-refractivity contribution >= 4 is 35.6 Å². The lowest BCUT2D eigenvalue weighted by atomic mass is 9.86. The summed E-state index contributed by atoms with van der Waals surface area (Å²) in [4.78, 5) is 81.6. The number of piperidine rings is 1. The molecule has 0 aromatic heterocycles. The van der Waals surface area contributed by atoms with Crippen LogP contribution in [0.2, 0.25) is 0 Å². The van der Waals surface area contributed by atoms with Gasteiger partial charge in [0.2, 0.25) is 5.91 Å². The monoisotopic (exact) mass is 698 g/mol. The van der Waals surface area contributed by atoms with Crippen molar-refractivity contribution in [2.75, 3.05) is 85.1 Å². The van der Waals surface area contributed by atoms with Gasteiger partial charge < -0.3 is 30.6 Å². The van der Waals surface area contributed by atoms with Crippen LogP contribution in [0.3, 0.4) is 0 Å². The standard InChI is InChI=1S/C33H58N6O10/c1-23(2)32(47)26(34-24(3)4)19-25-7-9-39(10-8-25)28(40)6-5-27(33(48)49)38-17-15-36(21-30(43)44)13-11-35(20-29(41)42)12-14-37(16-18-38)22-31(45)46/h23-27,34H,5-22H2,1-4H3,(H,41,42)(H,43,44)(H,45,46)(H,48,49)/t26-,27+/m0/s1. The molecule has 2 aliphatic heterocycles. The van der Waals surface area contributed by atoms with E-state index in [-0.39, 0.29) is 120 Å². The second kappa shape index (κ2) is 21.1. The molecule has 0 unspecified atom stereocenters. The van der Waals surface area contributed by atoms with Gasteiger partial charge in [-0.1, -0.05) is 27.7 Å². The topological polar surface area (TPSA) is 212 Å². The molecule has 49 heavy (non-hydrogen) atoms. The van der Waals surface area contributed by atoms with Crippen LogP contribution in [-0.4, -0.2) is 184 Å². The summed E-state index contributed by atoms with van der Waals surface area (Å²) in [5.41, 5.74) is 0. The van der Waals surface area contributed by atoms with Crippen LogP contribution in [0.25, 0.3) is 0 Å². The highest BCUT2D eigenvalue weighted by Gasteiger charge is 2.32. The number of ketones is 1. The van der Waals surface area contributed by atoms with E-state index in [0.717, 1.165) is 12.8 Å². The summed E-state index contributed by atoms with van der Waals surface area (Å²) in [5, 5.41) is 42.0. The van der Waals surface area contributed by atoms with Gasteiger partial charge in [-0.05, 0) is 31.6 Å². The molecule has 2 aliphatic rings. The third-order valence-corrected chi connectivity index (χ3v) is 9.29. The van der Waals surface area contributed by atoms with Gasteiger partial charge in [0.1, 0.15) is 6.04 Å². The quantitative estimate of drug-likeness (QED) is 0.134. The van der Waals surface area contributed by atoms with Crippen LogP contribution < -0.4 is 5.32 Å². The normalized spacial score (nSPS) is 20.0. The van der Waals surface area contributed by atoms with Gasteiger partial charge in [-0.15, -0.1) is 0 Å². The first-order valence-electron chi connectivity index (χ1n) is 17.4. The highest BCUT2D eigenvalue weighted by molar-refractivity contribution is 5.85. The molecule has 0 saturated carbocycles. The van der Waals surface area contributed by atoms with Gasteiger partial charge in [0.25, 0.3) is 0 Å². The minimum Gasteiger partial charge on any atom is -0.480 e. The zero-order valence-corrected chi connectivity index (χ0v) is 29.6. The molecule has 5 N–H and O–H groups in total. The minimum atomic E-state index is -1.13. The summed E-state index contributed by atoms with van der Waals surface area (Å²) in [6.45, 7) is 9.57. The Kier molecular flexibility index (Phi) is 18.1. The van der Waals surface area contributed by atoms with Crippen molar-refractivity contribution in [1.82, 2.24) is 29.8 Å². The van der Waals surface area contributed by atoms with Crippen molar-refractivity contribution in [3.8, 4) is 0 Å². The van der Waals surface area contributed by atoms with E-state index in [0.29, 0.717) is 19.5 Å². The Hall–Kier alpha value is -3.18. The molecule has 2 heterocycles. The van der Waals surface area contributed by atoms with Crippen molar-refractivity contribution in [1.29, 1.82) is 0 Å². The molecular formula is C33H58N6O10. The van der Waals surface area contributed by atoms with Crippen LogP contribution in [0.4, 0.5) is 0 Å². The van der Waals surface area contributed by atoms with Crippen molar-refractivity contribution in [2.24, 2.45) is 11.8 Å². The smallest absolute Gasteiger partial charge is 0.320 e. The Morgan fingerprint density at radius 1 is 0.653 bits per heavy atom. The lowest BCUT2D eigenvalue weighted by molar-refractivity contribution is -0.145. The zero-order valence-electron chi connectivity index (χ0n) is 29.6. The van der Waals surface area contributed by atoms with Gasteiger partial charge in [0, 0.05) is 83.8 Å². The summed E-state index contributed by atoms with van der Waals surface area (Å²) in [7, 11) is 0. The first kappa shape index (κ1) is 42.0. The van der Waals surface area contributed by atoms with Gasteiger partial charge in [-0.2, -0.15) is 0 Å². The molecule has 2 rings (SSSR count). The Morgan fingerprint density at radius 2 is 1.08 bits per heavy atom. The van der Waals surface area contributed by atoms with Gasteiger partial charge in [-0.3, -0.25) is 48.4 Å². The first-order chi connectivity index (χ1) is 23.0. The molecule has 0 aliphatic carbocycles. The Labute approximate surface area is 289 Å². The average Bonchev–Trinajstić information content (AvgIpc) is 3.00. The van der Waals surface area contributed by atoms with E-state index in [1.54, 1.807) is 24.5 Å². The van der Waals surface area contributed by atoms with Crippen LogP contribution >= 0.6 is 0 Å². The highest BCUT2D eigenvalue weighted by Crippen LogP contribution is 2.24. The number of amides is 1. The Bertz CT molecular complexity index is 1080. The number of likely N-dealkylation sites (tertiary alicyclic amines) is 1. The maximum Gasteiger partial charge on any atom is 0.320 e.